The van der Waals surface area contributed by atoms with Gasteiger partial charge in [-0.25, -0.2) is 9.97 Å². The van der Waals surface area contributed by atoms with Crippen molar-refractivity contribution in [1.82, 2.24) is 19.7 Å². The Kier molecular flexibility index (Phi) is 4.96. The predicted molar refractivity (Wildman–Crippen MR) is 93.9 cm³/mol. The highest BCUT2D eigenvalue weighted by molar-refractivity contribution is 5.92. The van der Waals surface area contributed by atoms with Gasteiger partial charge in [-0.1, -0.05) is 20.3 Å². The first-order valence-corrected chi connectivity index (χ1v) is 8.81. The fourth-order valence-electron chi connectivity index (χ4n) is 3.04. The van der Waals surface area contributed by atoms with E-state index in [2.05, 4.69) is 20.4 Å². The Labute approximate surface area is 155 Å². The smallest absolute Gasteiger partial charge is 0.311 e. The van der Waals surface area contributed by atoms with E-state index in [1.54, 1.807) is 25.5 Å². The molecule has 0 aliphatic heterocycles. The molecule has 0 bridgehead atoms. The minimum absolute atomic E-state index is 0.184. The molecule has 1 amide bonds. The van der Waals surface area contributed by atoms with E-state index in [-0.39, 0.29) is 5.92 Å². The van der Waals surface area contributed by atoms with Crippen LogP contribution in [0.15, 0.2) is 18.5 Å². The maximum absolute atomic E-state index is 13.1. The Morgan fingerprint density at radius 2 is 1.89 bits per heavy atom. The zero-order valence-corrected chi connectivity index (χ0v) is 15.5. The van der Waals surface area contributed by atoms with Gasteiger partial charge in [-0.3, -0.25) is 9.48 Å². The number of anilines is 1. The maximum atomic E-state index is 13.1. The minimum Gasteiger partial charge on any atom is -0.311 e. The molecule has 1 N–H and O–H groups in total. The molecule has 0 unspecified atom stereocenters. The summed E-state index contributed by atoms with van der Waals surface area (Å²) in [4.78, 5) is 20.8. The van der Waals surface area contributed by atoms with Gasteiger partial charge in [0.1, 0.15) is 11.5 Å². The molecule has 0 saturated heterocycles. The van der Waals surface area contributed by atoms with Gasteiger partial charge in [0.15, 0.2) is 5.82 Å². The molecule has 1 aliphatic carbocycles. The van der Waals surface area contributed by atoms with E-state index in [1.807, 2.05) is 0 Å². The van der Waals surface area contributed by atoms with Crippen molar-refractivity contribution in [3.63, 3.8) is 0 Å². The zero-order valence-electron chi connectivity index (χ0n) is 15.5. The topological polar surface area (TPSA) is 72.7 Å². The minimum atomic E-state index is -4.46. The van der Waals surface area contributed by atoms with Crippen molar-refractivity contribution in [2.45, 2.75) is 51.6 Å². The lowest BCUT2D eigenvalue weighted by atomic mass is 9.79. The molecule has 2 aromatic heterocycles. The van der Waals surface area contributed by atoms with Crippen LogP contribution in [-0.2, 0) is 11.8 Å². The van der Waals surface area contributed by atoms with Crippen molar-refractivity contribution in [1.29, 1.82) is 0 Å². The molecule has 2 heterocycles. The number of nitrogens with zero attached hydrogens (tertiary/aromatic N) is 4. The zero-order chi connectivity index (χ0) is 19.8. The van der Waals surface area contributed by atoms with Crippen LogP contribution in [0.2, 0.25) is 0 Å². The molecule has 9 heteroatoms. The highest BCUT2D eigenvalue weighted by Gasteiger charge is 2.48. The first-order chi connectivity index (χ1) is 12.6. The van der Waals surface area contributed by atoms with Gasteiger partial charge < -0.3 is 5.32 Å². The van der Waals surface area contributed by atoms with Gasteiger partial charge in [0.05, 0.1) is 5.41 Å². The van der Waals surface area contributed by atoms with E-state index in [0.29, 0.717) is 17.3 Å². The molecule has 1 fully saturated rings. The molecule has 0 atom stereocenters. The van der Waals surface area contributed by atoms with Crippen LogP contribution in [0.1, 0.15) is 51.0 Å². The summed E-state index contributed by atoms with van der Waals surface area (Å²) in [6.07, 6.45) is 1.00. The molecule has 0 aromatic carbocycles. The van der Waals surface area contributed by atoms with Crippen LogP contribution in [0.4, 0.5) is 19.0 Å². The van der Waals surface area contributed by atoms with Gasteiger partial charge in [-0.05, 0) is 24.8 Å². The number of hydrogen-bond acceptors (Lipinski definition) is 4. The molecule has 27 heavy (non-hydrogen) atoms. The van der Waals surface area contributed by atoms with E-state index in [0.717, 1.165) is 38.7 Å². The second-order valence-electron chi connectivity index (χ2n) is 7.54. The summed E-state index contributed by atoms with van der Waals surface area (Å²) in [6, 6.07) is 1.69. The highest BCUT2D eigenvalue weighted by Crippen LogP contribution is 2.44. The second kappa shape index (κ2) is 6.94. The number of aromatic nitrogens is 4. The molecule has 2 aromatic rings. The van der Waals surface area contributed by atoms with E-state index in [4.69, 9.17) is 0 Å². The SMILES string of the molecule is Cn1nc(-c2ncccn2)c(C2CCC2)c1NC(=O)CC(C)(C)C(F)(F)F. The number of aryl methyl sites for hydroxylation is 1. The highest BCUT2D eigenvalue weighted by atomic mass is 19.4. The van der Waals surface area contributed by atoms with Crippen molar-refractivity contribution in [3.05, 3.63) is 24.0 Å². The second-order valence-corrected chi connectivity index (χ2v) is 7.54. The summed E-state index contributed by atoms with van der Waals surface area (Å²) in [5.74, 6) is 0.348. The lowest BCUT2D eigenvalue weighted by Gasteiger charge is -2.28. The Bertz CT molecular complexity index is 826. The normalized spacial score (nSPS) is 15.5. The third-order valence-corrected chi connectivity index (χ3v) is 5.00. The van der Waals surface area contributed by atoms with Crippen LogP contribution in [-0.4, -0.2) is 31.8 Å². The molecular formula is C18H22F3N5O. The molecule has 1 aliphatic rings. The molecule has 0 radical (unpaired) electrons. The molecule has 0 spiro atoms. The molecule has 1 saturated carbocycles. The van der Waals surface area contributed by atoms with Crippen LogP contribution in [0.25, 0.3) is 11.5 Å². The van der Waals surface area contributed by atoms with Gasteiger partial charge in [0, 0.05) is 31.4 Å². The summed E-state index contributed by atoms with van der Waals surface area (Å²) in [7, 11) is 1.65. The van der Waals surface area contributed by atoms with Gasteiger partial charge in [0.25, 0.3) is 0 Å². The van der Waals surface area contributed by atoms with Gasteiger partial charge in [0.2, 0.25) is 5.91 Å². The quantitative estimate of drug-likeness (QED) is 0.848. The number of carbonyl (C=O) groups is 1. The number of carbonyl (C=O) groups excluding carboxylic acids is 1. The maximum Gasteiger partial charge on any atom is 0.394 e. The standard InChI is InChI=1S/C18H22F3N5O/c1-17(2,18(19,20)21)10-12(27)24-16-13(11-6-4-7-11)14(25-26(16)3)15-22-8-5-9-23-15/h5,8-9,11H,4,6-7,10H2,1-3H3,(H,24,27). The number of rotatable bonds is 5. The first kappa shape index (κ1) is 19.3. The van der Waals surface area contributed by atoms with Crippen molar-refractivity contribution in [2.24, 2.45) is 12.5 Å². The molecule has 6 nitrogen and oxygen atoms in total. The van der Waals surface area contributed by atoms with Crippen LogP contribution in [0.3, 0.4) is 0 Å². The van der Waals surface area contributed by atoms with Crippen LogP contribution in [0, 0.1) is 5.41 Å². The predicted octanol–water partition coefficient (Wildman–Crippen LogP) is 4.06. The van der Waals surface area contributed by atoms with Gasteiger partial charge >= 0.3 is 6.18 Å². The van der Waals surface area contributed by atoms with E-state index in [9.17, 15) is 18.0 Å². The monoisotopic (exact) mass is 381 g/mol. The largest absolute Gasteiger partial charge is 0.394 e. The number of alkyl halides is 3. The van der Waals surface area contributed by atoms with E-state index < -0.39 is 23.9 Å². The summed E-state index contributed by atoms with van der Waals surface area (Å²) >= 11 is 0. The lowest BCUT2D eigenvalue weighted by molar-refractivity contribution is -0.213. The third kappa shape index (κ3) is 3.81. The van der Waals surface area contributed by atoms with Crippen LogP contribution >= 0.6 is 0 Å². The van der Waals surface area contributed by atoms with Crippen LogP contribution in [0.5, 0.6) is 0 Å². The number of halogens is 3. The Hall–Kier alpha value is -2.45. The molecular weight excluding hydrogens is 359 g/mol. The van der Waals surface area contributed by atoms with E-state index in [1.165, 1.54) is 4.68 Å². The lowest BCUT2D eigenvalue weighted by Crippen LogP contribution is -2.36. The average Bonchev–Trinajstić information content (AvgIpc) is 2.82. The number of hydrogen-bond donors (Lipinski definition) is 1. The Morgan fingerprint density at radius 3 is 2.41 bits per heavy atom. The van der Waals surface area contributed by atoms with Gasteiger partial charge in [-0.15, -0.1) is 0 Å². The Balaban J connectivity index is 1.91. The summed E-state index contributed by atoms with van der Waals surface area (Å²) in [6.45, 7) is 2.04. The van der Waals surface area contributed by atoms with Crippen molar-refractivity contribution >= 4 is 11.7 Å². The van der Waals surface area contributed by atoms with Crippen molar-refractivity contribution in [2.75, 3.05) is 5.32 Å². The van der Waals surface area contributed by atoms with Gasteiger partial charge in [-0.2, -0.15) is 18.3 Å². The fraction of sp³-hybridized carbons (Fsp3) is 0.556. The van der Waals surface area contributed by atoms with E-state index >= 15 is 0 Å². The molecule has 3 rings (SSSR count). The third-order valence-electron chi connectivity index (χ3n) is 5.00. The fourth-order valence-corrected chi connectivity index (χ4v) is 3.04. The average molecular weight is 381 g/mol. The van der Waals surface area contributed by atoms with Crippen molar-refractivity contribution < 1.29 is 18.0 Å². The molecule has 146 valence electrons. The number of nitrogens with one attached hydrogen (secondary N) is 1. The summed E-state index contributed by atoms with van der Waals surface area (Å²) in [5.41, 5.74) is -0.751. The summed E-state index contributed by atoms with van der Waals surface area (Å²) < 4.78 is 40.8. The Morgan fingerprint density at radius 1 is 1.26 bits per heavy atom. The van der Waals surface area contributed by atoms with Crippen LogP contribution < -0.4 is 5.32 Å². The van der Waals surface area contributed by atoms with Crippen molar-refractivity contribution in [3.8, 4) is 11.5 Å². The summed E-state index contributed by atoms with van der Waals surface area (Å²) in [5, 5.41) is 7.09. The number of amides is 1. The first-order valence-electron chi connectivity index (χ1n) is 8.81.